The molecular weight excluding hydrogens is 356 g/mol. The Morgan fingerprint density at radius 2 is 1.96 bits per heavy atom. The van der Waals surface area contributed by atoms with E-state index in [2.05, 4.69) is 23.2 Å². The summed E-state index contributed by atoms with van der Waals surface area (Å²) in [6.45, 7) is 3.46. The Labute approximate surface area is 163 Å². The SMILES string of the molecule is Cc1ncsc1CCN(C)C(=O)c1ccc(-c2ccc3c(c2)OCC3)cc1. The van der Waals surface area contributed by atoms with Crippen LogP contribution in [0.5, 0.6) is 5.75 Å². The number of benzene rings is 2. The molecule has 0 aliphatic carbocycles. The number of likely N-dealkylation sites (N-methyl/N-ethyl adjacent to an activating group) is 1. The highest BCUT2D eigenvalue weighted by Crippen LogP contribution is 2.31. The van der Waals surface area contributed by atoms with Crippen molar-refractivity contribution in [3.8, 4) is 16.9 Å². The predicted molar refractivity (Wildman–Crippen MR) is 109 cm³/mol. The number of thiazole rings is 1. The fourth-order valence-corrected chi connectivity index (χ4v) is 4.08. The topological polar surface area (TPSA) is 42.4 Å². The first-order valence-corrected chi connectivity index (χ1v) is 10.0. The molecule has 0 atom stereocenters. The fraction of sp³-hybridized carbons (Fsp3) is 0.273. The molecule has 3 aromatic rings. The zero-order chi connectivity index (χ0) is 18.8. The molecule has 1 aromatic heterocycles. The number of carbonyl (C=O) groups excluding carboxylic acids is 1. The van der Waals surface area contributed by atoms with Crippen molar-refractivity contribution in [3.63, 3.8) is 0 Å². The van der Waals surface area contributed by atoms with Crippen molar-refractivity contribution in [1.82, 2.24) is 9.88 Å². The predicted octanol–water partition coefficient (Wildman–Crippen LogP) is 4.37. The van der Waals surface area contributed by atoms with Gasteiger partial charge in [0.2, 0.25) is 0 Å². The Hall–Kier alpha value is -2.66. The first-order valence-electron chi connectivity index (χ1n) is 9.12. The highest BCUT2D eigenvalue weighted by Gasteiger charge is 2.15. The molecule has 2 aromatic carbocycles. The van der Waals surface area contributed by atoms with E-state index in [4.69, 9.17) is 4.74 Å². The minimum absolute atomic E-state index is 0.0426. The molecule has 0 bridgehead atoms. The second-order valence-electron chi connectivity index (χ2n) is 6.84. The Bertz CT molecular complexity index is 963. The van der Waals surface area contributed by atoms with Crippen molar-refractivity contribution in [2.75, 3.05) is 20.2 Å². The summed E-state index contributed by atoms with van der Waals surface area (Å²) in [5.74, 6) is 1.02. The van der Waals surface area contributed by atoms with Gasteiger partial charge in [-0.3, -0.25) is 4.79 Å². The largest absolute Gasteiger partial charge is 0.493 e. The van der Waals surface area contributed by atoms with Crippen molar-refractivity contribution in [1.29, 1.82) is 0 Å². The molecule has 0 fully saturated rings. The van der Waals surface area contributed by atoms with Gasteiger partial charge in [0, 0.05) is 36.9 Å². The van der Waals surface area contributed by atoms with E-state index in [9.17, 15) is 4.79 Å². The summed E-state index contributed by atoms with van der Waals surface area (Å²) in [6, 6.07) is 14.2. The maximum atomic E-state index is 12.7. The summed E-state index contributed by atoms with van der Waals surface area (Å²) < 4.78 is 5.66. The summed E-state index contributed by atoms with van der Waals surface area (Å²) in [6.07, 6.45) is 1.82. The average molecular weight is 378 g/mol. The quantitative estimate of drug-likeness (QED) is 0.662. The van der Waals surface area contributed by atoms with Gasteiger partial charge < -0.3 is 9.64 Å². The molecule has 0 radical (unpaired) electrons. The highest BCUT2D eigenvalue weighted by molar-refractivity contribution is 7.09. The van der Waals surface area contributed by atoms with Crippen molar-refractivity contribution in [2.24, 2.45) is 0 Å². The molecule has 0 N–H and O–H groups in total. The van der Waals surface area contributed by atoms with Gasteiger partial charge >= 0.3 is 0 Å². The Kier molecular flexibility index (Phi) is 4.94. The van der Waals surface area contributed by atoms with Crippen LogP contribution in [0.25, 0.3) is 11.1 Å². The Morgan fingerprint density at radius 3 is 2.70 bits per heavy atom. The number of carbonyl (C=O) groups is 1. The number of rotatable bonds is 5. The zero-order valence-electron chi connectivity index (χ0n) is 15.6. The number of fused-ring (bicyclic) bond motifs is 1. The van der Waals surface area contributed by atoms with Crippen LogP contribution in [0.15, 0.2) is 48.0 Å². The maximum absolute atomic E-state index is 12.7. The van der Waals surface area contributed by atoms with Crippen molar-refractivity contribution < 1.29 is 9.53 Å². The number of aryl methyl sites for hydroxylation is 1. The summed E-state index contributed by atoms with van der Waals surface area (Å²) in [5.41, 5.74) is 7.10. The summed E-state index contributed by atoms with van der Waals surface area (Å²) >= 11 is 1.65. The molecule has 5 heteroatoms. The van der Waals surface area contributed by atoms with Crippen LogP contribution in [0, 0.1) is 6.92 Å². The molecule has 1 aliphatic rings. The van der Waals surface area contributed by atoms with E-state index < -0.39 is 0 Å². The summed E-state index contributed by atoms with van der Waals surface area (Å²) in [7, 11) is 1.85. The maximum Gasteiger partial charge on any atom is 0.253 e. The first kappa shape index (κ1) is 17.7. The molecule has 0 saturated carbocycles. The number of nitrogens with zero attached hydrogens (tertiary/aromatic N) is 2. The van der Waals surface area contributed by atoms with E-state index >= 15 is 0 Å². The lowest BCUT2D eigenvalue weighted by molar-refractivity contribution is 0.0797. The normalized spacial score (nSPS) is 12.5. The van der Waals surface area contributed by atoms with Crippen LogP contribution in [0.1, 0.15) is 26.5 Å². The second-order valence-corrected chi connectivity index (χ2v) is 7.78. The molecule has 27 heavy (non-hydrogen) atoms. The van der Waals surface area contributed by atoms with Gasteiger partial charge in [0.05, 0.1) is 17.8 Å². The van der Waals surface area contributed by atoms with E-state index in [1.807, 2.05) is 43.7 Å². The fourth-order valence-electron chi connectivity index (χ4n) is 3.31. The van der Waals surface area contributed by atoms with Crippen molar-refractivity contribution >= 4 is 17.2 Å². The third kappa shape index (κ3) is 3.74. The van der Waals surface area contributed by atoms with Crippen LogP contribution in [-0.2, 0) is 12.8 Å². The molecule has 1 amide bonds. The van der Waals surface area contributed by atoms with Crippen molar-refractivity contribution in [3.05, 3.63) is 69.7 Å². The van der Waals surface area contributed by atoms with Gasteiger partial charge in [-0.2, -0.15) is 0 Å². The molecule has 1 aliphatic heterocycles. The Morgan fingerprint density at radius 1 is 1.19 bits per heavy atom. The number of aromatic nitrogens is 1. The monoisotopic (exact) mass is 378 g/mol. The van der Waals surface area contributed by atoms with Gasteiger partial charge in [-0.15, -0.1) is 11.3 Å². The van der Waals surface area contributed by atoms with Gasteiger partial charge in [0.1, 0.15) is 5.75 Å². The highest BCUT2D eigenvalue weighted by atomic mass is 32.1. The lowest BCUT2D eigenvalue weighted by Gasteiger charge is -2.17. The number of ether oxygens (including phenoxy) is 1. The van der Waals surface area contributed by atoms with Gasteiger partial charge in [-0.05, 0) is 41.8 Å². The number of amides is 1. The third-order valence-electron chi connectivity index (χ3n) is 5.03. The van der Waals surface area contributed by atoms with Crippen LogP contribution < -0.4 is 4.74 Å². The summed E-state index contributed by atoms with van der Waals surface area (Å²) in [5, 5.41) is 0. The molecule has 0 unspecified atom stereocenters. The molecule has 2 heterocycles. The molecule has 138 valence electrons. The van der Waals surface area contributed by atoms with Gasteiger partial charge in [0.25, 0.3) is 5.91 Å². The van der Waals surface area contributed by atoms with Gasteiger partial charge in [-0.1, -0.05) is 24.3 Å². The zero-order valence-corrected chi connectivity index (χ0v) is 16.4. The van der Waals surface area contributed by atoms with Crippen LogP contribution >= 0.6 is 11.3 Å². The lowest BCUT2D eigenvalue weighted by Crippen LogP contribution is -2.28. The third-order valence-corrected chi connectivity index (χ3v) is 6.02. The number of hydrogen-bond donors (Lipinski definition) is 0. The van der Waals surface area contributed by atoms with E-state index in [-0.39, 0.29) is 5.91 Å². The van der Waals surface area contributed by atoms with Gasteiger partial charge in [-0.25, -0.2) is 4.98 Å². The van der Waals surface area contributed by atoms with E-state index in [0.717, 1.165) is 42.0 Å². The number of hydrogen-bond acceptors (Lipinski definition) is 4. The van der Waals surface area contributed by atoms with E-state index in [1.165, 1.54) is 10.4 Å². The van der Waals surface area contributed by atoms with Crippen LogP contribution in [-0.4, -0.2) is 36.0 Å². The standard InChI is InChI=1S/C22H22N2O2S/c1-15-21(27-14-23-15)9-11-24(2)22(25)18-6-3-16(4-7-18)19-8-5-17-10-12-26-20(17)13-19/h3-8,13-14H,9-12H2,1-2H3. The Balaban J connectivity index is 1.43. The van der Waals surface area contributed by atoms with E-state index in [1.54, 1.807) is 16.2 Å². The van der Waals surface area contributed by atoms with Crippen molar-refractivity contribution in [2.45, 2.75) is 19.8 Å². The molecular formula is C22H22N2O2S. The first-order chi connectivity index (χ1) is 13.1. The average Bonchev–Trinajstić information content (AvgIpc) is 3.33. The van der Waals surface area contributed by atoms with Crippen LogP contribution in [0.2, 0.25) is 0 Å². The smallest absolute Gasteiger partial charge is 0.253 e. The molecule has 0 saturated heterocycles. The van der Waals surface area contributed by atoms with Gasteiger partial charge in [0.15, 0.2) is 0 Å². The van der Waals surface area contributed by atoms with E-state index in [0.29, 0.717) is 12.1 Å². The summed E-state index contributed by atoms with van der Waals surface area (Å²) in [4.78, 5) is 20.0. The van der Waals surface area contributed by atoms with Crippen LogP contribution in [0.3, 0.4) is 0 Å². The van der Waals surface area contributed by atoms with Crippen LogP contribution in [0.4, 0.5) is 0 Å². The minimum Gasteiger partial charge on any atom is -0.493 e. The lowest BCUT2D eigenvalue weighted by atomic mass is 10.0. The molecule has 4 rings (SSSR count). The second kappa shape index (κ2) is 7.53. The minimum atomic E-state index is 0.0426. The molecule has 4 nitrogen and oxygen atoms in total. The molecule has 0 spiro atoms.